The van der Waals surface area contributed by atoms with Crippen LogP contribution in [-0.4, -0.2) is 54.1 Å². The fraction of sp³-hybridized carbons (Fsp3) is 0.864. The maximum atomic E-state index is 13.9. The minimum atomic E-state index is -0.465. The Labute approximate surface area is 160 Å². The molecule has 7 aliphatic rings. The van der Waals surface area contributed by atoms with E-state index < -0.39 is 5.41 Å². The van der Waals surface area contributed by atoms with E-state index in [9.17, 15) is 9.90 Å². The normalized spacial score (nSPS) is 59.6. The lowest BCUT2D eigenvalue weighted by Gasteiger charge is -2.67. The summed E-state index contributed by atoms with van der Waals surface area (Å²) < 4.78 is 11.9. The molecule has 0 aromatic heterocycles. The number of rotatable bonds is 1. The fourth-order valence-corrected chi connectivity index (χ4v) is 9.57. The molecular formula is C22H29NO4. The molecule has 2 spiro atoms. The molecule has 2 saturated heterocycles. The maximum Gasteiger partial charge on any atom is 0.234 e. The molecule has 0 radical (unpaired) electrons. The van der Waals surface area contributed by atoms with Crippen molar-refractivity contribution in [2.24, 2.45) is 40.4 Å². The second-order valence-electron chi connectivity index (χ2n) is 10.3. The molecule has 0 aromatic rings. The SMILES string of the molecule is CCN1C(=O)[C@]23COCO[C@@H]2CC[C@]24C1[C@H](CC23)C1=C[C@H](O)[C@@H]2C[C@H]1[C@H]4C2. The Morgan fingerprint density at radius 2 is 2.19 bits per heavy atom. The summed E-state index contributed by atoms with van der Waals surface area (Å²) in [4.78, 5) is 16.1. The van der Waals surface area contributed by atoms with Gasteiger partial charge < -0.3 is 19.5 Å². The van der Waals surface area contributed by atoms with Crippen LogP contribution in [0, 0.1) is 40.4 Å². The van der Waals surface area contributed by atoms with E-state index in [-0.39, 0.29) is 17.6 Å². The maximum absolute atomic E-state index is 13.9. The van der Waals surface area contributed by atoms with Crippen molar-refractivity contribution in [2.75, 3.05) is 19.9 Å². The summed E-state index contributed by atoms with van der Waals surface area (Å²) in [7, 11) is 0. The molecular weight excluding hydrogens is 342 g/mol. The minimum absolute atomic E-state index is 0.0281. The Kier molecular flexibility index (Phi) is 2.83. The Balaban J connectivity index is 1.48. The predicted molar refractivity (Wildman–Crippen MR) is 96.4 cm³/mol. The number of aliphatic hydroxyl groups is 1. The standard InChI is InChI=1S/C22H29NO4/c1-2-23-19-14-8-17-21(19,15-6-11-5-13(15)12(14)7-16(11)24)4-3-18-22(17,20(23)25)9-26-10-27-18/h7,11,13-19,24H,2-6,8-10H2,1H3/t11-,13-,14-,15-,16+,17?,18-,19?,21-,22+/m1/s1. The second-order valence-corrected chi connectivity index (χ2v) is 10.3. The Bertz CT molecular complexity index is 765. The van der Waals surface area contributed by atoms with Gasteiger partial charge in [0.1, 0.15) is 12.2 Å². The van der Waals surface area contributed by atoms with Gasteiger partial charge in [-0.15, -0.1) is 0 Å². The summed E-state index contributed by atoms with van der Waals surface area (Å²) in [5, 5.41) is 10.7. The van der Waals surface area contributed by atoms with Crippen molar-refractivity contribution < 1.29 is 19.4 Å². The number of hydrogen-bond acceptors (Lipinski definition) is 4. The zero-order valence-corrected chi connectivity index (χ0v) is 16.0. The molecule has 2 unspecified atom stereocenters. The first-order valence-corrected chi connectivity index (χ1v) is 11.0. The molecule has 10 atom stereocenters. The molecule has 1 amide bonds. The molecule has 146 valence electrons. The fourth-order valence-electron chi connectivity index (χ4n) is 9.57. The lowest BCUT2D eigenvalue weighted by atomic mass is 9.44. The molecule has 2 heterocycles. The van der Waals surface area contributed by atoms with Crippen molar-refractivity contribution in [2.45, 2.75) is 57.3 Å². The van der Waals surface area contributed by atoms with Crippen LogP contribution < -0.4 is 0 Å². The molecule has 2 aliphatic heterocycles. The Morgan fingerprint density at radius 1 is 1.30 bits per heavy atom. The number of ether oxygens (including phenoxy) is 2. The van der Waals surface area contributed by atoms with Crippen LogP contribution in [0.3, 0.4) is 0 Å². The number of nitrogens with zero attached hydrogens (tertiary/aromatic N) is 1. The summed E-state index contributed by atoms with van der Waals surface area (Å²) >= 11 is 0. The lowest BCUT2D eigenvalue weighted by molar-refractivity contribution is -0.277. The van der Waals surface area contributed by atoms with Crippen molar-refractivity contribution in [1.29, 1.82) is 0 Å². The topological polar surface area (TPSA) is 59.0 Å². The minimum Gasteiger partial charge on any atom is -0.389 e. The number of aliphatic hydroxyl groups excluding tert-OH is 1. The van der Waals surface area contributed by atoms with Gasteiger partial charge in [0.15, 0.2) is 0 Å². The lowest BCUT2D eigenvalue weighted by Crippen LogP contribution is -2.75. The number of carbonyl (C=O) groups excluding carboxylic acids is 1. The third-order valence-electron chi connectivity index (χ3n) is 10.1. The monoisotopic (exact) mass is 371 g/mol. The second kappa shape index (κ2) is 4.80. The van der Waals surface area contributed by atoms with E-state index in [2.05, 4.69) is 17.9 Å². The zero-order valence-electron chi connectivity index (χ0n) is 16.0. The van der Waals surface area contributed by atoms with Gasteiger partial charge in [0, 0.05) is 18.5 Å². The largest absolute Gasteiger partial charge is 0.389 e. The number of piperidine rings is 1. The predicted octanol–water partition coefficient (Wildman–Crippen LogP) is 1.95. The van der Waals surface area contributed by atoms with Crippen LogP contribution >= 0.6 is 0 Å². The van der Waals surface area contributed by atoms with E-state index in [1.165, 1.54) is 18.4 Å². The van der Waals surface area contributed by atoms with Gasteiger partial charge >= 0.3 is 0 Å². The molecule has 27 heavy (non-hydrogen) atoms. The van der Waals surface area contributed by atoms with Gasteiger partial charge in [-0.05, 0) is 68.1 Å². The molecule has 1 N–H and O–H groups in total. The average Bonchev–Trinajstić information content (AvgIpc) is 3.18. The number of hydrogen-bond donors (Lipinski definition) is 1. The third-order valence-corrected chi connectivity index (χ3v) is 10.1. The van der Waals surface area contributed by atoms with E-state index in [0.29, 0.717) is 54.9 Å². The number of amides is 1. The third kappa shape index (κ3) is 1.48. The van der Waals surface area contributed by atoms with Gasteiger partial charge in [0.2, 0.25) is 5.91 Å². The van der Waals surface area contributed by atoms with Gasteiger partial charge in [-0.3, -0.25) is 4.79 Å². The van der Waals surface area contributed by atoms with E-state index in [1.807, 2.05) is 0 Å². The highest BCUT2D eigenvalue weighted by Gasteiger charge is 2.80. The quantitative estimate of drug-likeness (QED) is 0.716. The first kappa shape index (κ1) is 15.9. The summed E-state index contributed by atoms with van der Waals surface area (Å²) in [6.07, 6.45) is 7.55. The van der Waals surface area contributed by atoms with Crippen LogP contribution in [0.1, 0.15) is 39.0 Å². The van der Waals surface area contributed by atoms with Crippen LogP contribution in [0.25, 0.3) is 0 Å². The van der Waals surface area contributed by atoms with Crippen LogP contribution in [0.2, 0.25) is 0 Å². The summed E-state index contributed by atoms with van der Waals surface area (Å²) in [5.41, 5.74) is 1.26. The molecule has 6 fully saturated rings. The summed E-state index contributed by atoms with van der Waals surface area (Å²) in [6.45, 7) is 3.80. The van der Waals surface area contributed by atoms with Crippen molar-refractivity contribution in [3.8, 4) is 0 Å². The van der Waals surface area contributed by atoms with Crippen molar-refractivity contribution in [3.63, 3.8) is 0 Å². The van der Waals surface area contributed by atoms with Crippen LogP contribution in [0.15, 0.2) is 11.6 Å². The summed E-state index contributed by atoms with van der Waals surface area (Å²) in [5.74, 6) is 2.83. The zero-order chi connectivity index (χ0) is 18.1. The number of fused-ring (bicyclic) bond motifs is 2. The Hall–Kier alpha value is -0.910. The molecule has 5 aliphatic carbocycles. The number of carbonyl (C=O) groups is 1. The van der Waals surface area contributed by atoms with E-state index in [4.69, 9.17) is 9.47 Å². The van der Waals surface area contributed by atoms with Gasteiger partial charge in [0.25, 0.3) is 0 Å². The van der Waals surface area contributed by atoms with Gasteiger partial charge in [-0.1, -0.05) is 11.6 Å². The van der Waals surface area contributed by atoms with Gasteiger partial charge in [-0.2, -0.15) is 0 Å². The van der Waals surface area contributed by atoms with Crippen LogP contribution in [0.4, 0.5) is 0 Å². The average molecular weight is 371 g/mol. The van der Waals surface area contributed by atoms with Crippen LogP contribution in [-0.2, 0) is 14.3 Å². The first-order chi connectivity index (χ1) is 13.1. The Morgan fingerprint density at radius 3 is 3.04 bits per heavy atom. The van der Waals surface area contributed by atoms with E-state index in [1.54, 1.807) is 0 Å². The highest BCUT2D eigenvalue weighted by atomic mass is 16.7. The molecule has 0 aromatic carbocycles. The molecule has 4 saturated carbocycles. The van der Waals surface area contributed by atoms with Crippen molar-refractivity contribution >= 4 is 5.91 Å². The number of likely N-dealkylation sites (tertiary alicyclic amines) is 1. The molecule has 7 rings (SSSR count). The molecule has 7 bridgehead atoms. The smallest absolute Gasteiger partial charge is 0.234 e. The van der Waals surface area contributed by atoms with Crippen molar-refractivity contribution in [1.82, 2.24) is 4.90 Å². The van der Waals surface area contributed by atoms with Crippen LogP contribution in [0.5, 0.6) is 0 Å². The van der Waals surface area contributed by atoms with E-state index in [0.717, 1.165) is 25.8 Å². The van der Waals surface area contributed by atoms with Gasteiger partial charge in [0.05, 0.1) is 18.8 Å². The highest BCUT2D eigenvalue weighted by Crippen LogP contribution is 2.77. The van der Waals surface area contributed by atoms with Gasteiger partial charge in [-0.25, -0.2) is 0 Å². The first-order valence-electron chi connectivity index (χ1n) is 11.0. The highest BCUT2D eigenvalue weighted by molar-refractivity contribution is 5.87. The molecule has 5 heteroatoms. The summed E-state index contributed by atoms with van der Waals surface area (Å²) in [6, 6.07) is 0.338. The van der Waals surface area contributed by atoms with E-state index >= 15 is 0 Å². The van der Waals surface area contributed by atoms with Crippen molar-refractivity contribution in [3.05, 3.63) is 11.6 Å². The molecule has 5 nitrogen and oxygen atoms in total.